The molecule has 0 unspecified atom stereocenters. The highest BCUT2D eigenvalue weighted by Crippen LogP contribution is 2.57. The largest absolute Gasteiger partial charge is 0.355 e. The van der Waals surface area contributed by atoms with Gasteiger partial charge in [-0.3, -0.25) is 0 Å². The maximum Gasteiger partial charge on any atom is 0.147 e. The van der Waals surface area contributed by atoms with Crippen LogP contribution in [0.4, 0.5) is 0 Å². The molecule has 4 aliphatic rings. The van der Waals surface area contributed by atoms with E-state index in [2.05, 4.69) is 6.92 Å². The van der Waals surface area contributed by atoms with Crippen molar-refractivity contribution in [3.05, 3.63) is 6.92 Å². The minimum atomic E-state index is 0.198. The topological polar surface area (TPSA) is 18.5 Å². The summed E-state index contributed by atoms with van der Waals surface area (Å²) in [5, 5.41) is 0. The quantitative estimate of drug-likeness (QED) is 0.523. The zero-order valence-electron chi connectivity index (χ0n) is 9.41. The van der Waals surface area contributed by atoms with Crippen LogP contribution in [0.15, 0.2) is 0 Å². The molecule has 4 aliphatic carbocycles. The molecule has 0 heterocycles. The molecule has 4 fully saturated rings. The Morgan fingerprint density at radius 2 is 1.53 bits per heavy atom. The standard InChI is InChI=1S/C13H21O2/c1-2-14-9-15-13-6-10-3-11(7-13)5-12(4-10)8-13/h10-12H,1-9H2. The molecule has 15 heavy (non-hydrogen) atoms. The highest BCUT2D eigenvalue weighted by Gasteiger charge is 2.51. The first-order valence-corrected chi connectivity index (χ1v) is 6.31. The van der Waals surface area contributed by atoms with Crippen molar-refractivity contribution in [3.63, 3.8) is 0 Å². The van der Waals surface area contributed by atoms with Gasteiger partial charge in [0.05, 0.1) is 5.60 Å². The second-order valence-corrected chi connectivity index (χ2v) is 5.77. The van der Waals surface area contributed by atoms with Gasteiger partial charge in [0.1, 0.15) is 6.79 Å². The van der Waals surface area contributed by atoms with Crippen LogP contribution in [-0.4, -0.2) is 19.0 Å². The normalized spacial score (nSPS) is 47.4. The van der Waals surface area contributed by atoms with Crippen molar-refractivity contribution >= 4 is 0 Å². The molecule has 0 aromatic rings. The smallest absolute Gasteiger partial charge is 0.147 e. The van der Waals surface area contributed by atoms with Crippen LogP contribution in [0.3, 0.4) is 0 Å². The predicted octanol–water partition coefficient (Wildman–Crippen LogP) is 2.78. The molecule has 2 nitrogen and oxygen atoms in total. The molecule has 0 amide bonds. The van der Waals surface area contributed by atoms with Gasteiger partial charge >= 0.3 is 0 Å². The Morgan fingerprint density at radius 3 is 2.00 bits per heavy atom. The lowest BCUT2D eigenvalue weighted by Crippen LogP contribution is -2.52. The third-order valence-electron chi connectivity index (χ3n) is 4.57. The van der Waals surface area contributed by atoms with E-state index in [9.17, 15) is 0 Å². The van der Waals surface area contributed by atoms with Crippen LogP contribution in [0.5, 0.6) is 0 Å². The summed E-state index contributed by atoms with van der Waals surface area (Å²) in [5.74, 6) is 2.86. The van der Waals surface area contributed by atoms with Crippen LogP contribution in [0, 0.1) is 24.7 Å². The van der Waals surface area contributed by atoms with E-state index in [0.717, 1.165) is 17.8 Å². The molecule has 2 heteroatoms. The fourth-order valence-electron chi connectivity index (χ4n) is 4.43. The Morgan fingerprint density at radius 1 is 1.00 bits per heavy atom. The van der Waals surface area contributed by atoms with Gasteiger partial charge in [-0.25, -0.2) is 0 Å². The van der Waals surface area contributed by atoms with Crippen LogP contribution in [0.25, 0.3) is 0 Å². The van der Waals surface area contributed by atoms with E-state index in [1.807, 2.05) is 0 Å². The van der Waals surface area contributed by atoms with E-state index in [4.69, 9.17) is 9.47 Å². The van der Waals surface area contributed by atoms with Gasteiger partial charge in [0, 0.05) is 6.61 Å². The predicted molar refractivity (Wildman–Crippen MR) is 58.2 cm³/mol. The molecule has 0 aromatic heterocycles. The van der Waals surface area contributed by atoms with Gasteiger partial charge < -0.3 is 9.47 Å². The fourth-order valence-corrected chi connectivity index (χ4v) is 4.43. The average Bonchev–Trinajstić information content (AvgIpc) is 2.15. The Labute approximate surface area is 92.3 Å². The zero-order valence-corrected chi connectivity index (χ0v) is 9.41. The number of ether oxygens (including phenoxy) is 2. The van der Waals surface area contributed by atoms with Gasteiger partial charge in [-0.05, 0) is 63.2 Å². The molecule has 85 valence electrons. The van der Waals surface area contributed by atoms with E-state index >= 15 is 0 Å². The van der Waals surface area contributed by atoms with Gasteiger partial charge in [0.2, 0.25) is 0 Å². The van der Waals surface area contributed by atoms with Crippen molar-refractivity contribution in [3.8, 4) is 0 Å². The summed E-state index contributed by atoms with van der Waals surface area (Å²) >= 11 is 0. The van der Waals surface area contributed by atoms with Crippen LogP contribution < -0.4 is 0 Å². The molecule has 0 aromatic carbocycles. The van der Waals surface area contributed by atoms with Crippen LogP contribution >= 0.6 is 0 Å². The lowest BCUT2D eigenvalue weighted by atomic mass is 9.54. The van der Waals surface area contributed by atoms with Crippen LogP contribution in [-0.2, 0) is 9.47 Å². The van der Waals surface area contributed by atoms with Crippen LogP contribution in [0.2, 0.25) is 0 Å². The number of hydrogen-bond donors (Lipinski definition) is 0. The van der Waals surface area contributed by atoms with Gasteiger partial charge in [0.25, 0.3) is 0 Å². The van der Waals surface area contributed by atoms with E-state index in [1.165, 1.54) is 38.5 Å². The third kappa shape index (κ3) is 1.83. The monoisotopic (exact) mass is 209 g/mol. The third-order valence-corrected chi connectivity index (χ3v) is 4.57. The number of hydrogen-bond acceptors (Lipinski definition) is 2. The molecule has 0 aliphatic heterocycles. The van der Waals surface area contributed by atoms with Crippen molar-refractivity contribution < 1.29 is 9.47 Å². The van der Waals surface area contributed by atoms with E-state index < -0.39 is 0 Å². The summed E-state index contributed by atoms with van der Waals surface area (Å²) in [4.78, 5) is 0. The fraction of sp³-hybridized carbons (Fsp3) is 0.923. The molecule has 4 saturated carbocycles. The van der Waals surface area contributed by atoms with Gasteiger partial charge in [-0.2, -0.15) is 0 Å². The van der Waals surface area contributed by atoms with Crippen molar-refractivity contribution in [1.29, 1.82) is 0 Å². The van der Waals surface area contributed by atoms with E-state index in [1.54, 1.807) is 0 Å². The van der Waals surface area contributed by atoms with E-state index in [-0.39, 0.29) is 5.60 Å². The molecule has 4 rings (SSSR count). The molecule has 0 N–H and O–H groups in total. The minimum absolute atomic E-state index is 0.198. The van der Waals surface area contributed by atoms with Crippen molar-refractivity contribution in [1.82, 2.24) is 0 Å². The van der Waals surface area contributed by atoms with Crippen molar-refractivity contribution in [2.45, 2.75) is 44.1 Å². The van der Waals surface area contributed by atoms with Crippen molar-refractivity contribution in [2.75, 3.05) is 13.4 Å². The summed E-state index contributed by atoms with van der Waals surface area (Å²) in [5.41, 5.74) is 0.198. The maximum absolute atomic E-state index is 6.02. The summed E-state index contributed by atoms with van der Waals surface area (Å²) in [6.45, 7) is 4.64. The lowest BCUT2D eigenvalue weighted by Gasteiger charge is -2.56. The summed E-state index contributed by atoms with van der Waals surface area (Å²) in [6.07, 6.45) is 8.29. The average molecular weight is 209 g/mol. The summed E-state index contributed by atoms with van der Waals surface area (Å²) in [7, 11) is 0. The van der Waals surface area contributed by atoms with Gasteiger partial charge in [-0.1, -0.05) is 0 Å². The van der Waals surface area contributed by atoms with Gasteiger partial charge in [-0.15, -0.1) is 0 Å². The molecule has 0 spiro atoms. The summed E-state index contributed by atoms with van der Waals surface area (Å²) < 4.78 is 11.3. The first-order valence-electron chi connectivity index (χ1n) is 6.31. The number of rotatable bonds is 4. The molecule has 0 saturated heterocycles. The summed E-state index contributed by atoms with van der Waals surface area (Å²) in [6, 6.07) is 0. The molecule has 4 bridgehead atoms. The molecule has 1 radical (unpaired) electrons. The zero-order chi connectivity index (χ0) is 10.3. The molecular weight excluding hydrogens is 188 g/mol. The van der Waals surface area contributed by atoms with E-state index in [0.29, 0.717) is 13.4 Å². The van der Waals surface area contributed by atoms with Crippen LogP contribution in [0.1, 0.15) is 38.5 Å². The van der Waals surface area contributed by atoms with Gasteiger partial charge in [0.15, 0.2) is 0 Å². The maximum atomic E-state index is 6.02. The Hall–Kier alpha value is -0.0800. The minimum Gasteiger partial charge on any atom is -0.355 e. The second kappa shape index (κ2) is 3.74. The molecule has 0 atom stereocenters. The second-order valence-electron chi connectivity index (χ2n) is 5.77. The highest BCUT2D eigenvalue weighted by molar-refractivity contribution is 5.02. The highest BCUT2D eigenvalue weighted by atomic mass is 16.7. The van der Waals surface area contributed by atoms with Crippen molar-refractivity contribution in [2.24, 2.45) is 17.8 Å². The Kier molecular flexibility index (Phi) is 2.52. The SMILES string of the molecule is [CH2]COCOC12CC3CC(CC(C3)C1)C2. The first kappa shape index (κ1) is 10.1. The first-order chi connectivity index (χ1) is 7.30. The lowest BCUT2D eigenvalue weighted by molar-refractivity contribution is -0.206. The molecular formula is C13H21O2. The Bertz CT molecular complexity index is 201. The Balaban J connectivity index is 1.65.